The fraction of sp³-hybridized carbons (Fsp3) is 0.300. The Balaban J connectivity index is 2.22. The lowest BCUT2D eigenvalue weighted by Gasteiger charge is -2.09. The van der Waals surface area contributed by atoms with Gasteiger partial charge >= 0.3 is 0 Å². The number of hydrogen-bond acceptors (Lipinski definition) is 4. The Morgan fingerprint density at radius 3 is 3.06 bits per heavy atom. The van der Waals surface area contributed by atoms with Gasteiger partial charge in [0.05, 0.1) is 12.4 Å². The first kappa shape index (κ1) is 9.59. The number of nitrogens with zero attached hydrogens (tertiary/aromatic N) is 4. The van der Waals surface area contributed by atoms with Gasteiger partial charge in [-0.2, -0.15) is 9.97 Å². The van der Waals surface area contributed by atoms with Crippen LogP contribution in [0.2, 0.25) is 5.15 Å². The molecule has 0 radical (unpaired) electrons. The standard InChI is InChI=1S/C10H10ClN5/c11-8-7-9(15-10(12)14-8)16(5-13-7)6-3-1-2-4-6/h1,3,5-6H,2,4H2,(H2,12,14,15). The van der Waals surface area contributed by atoms with Crippen molar-refractivity contribution in [2.45, 2.75) is 18.9 Å². The third kappa shape index (κ3) is 1.36. The van der Waals surface area contributed by atoms with Crippen molar-refractivity contribution in [2.24, 2.45) is 0 Å². The number of fused-ring (bicyclic) bond motifs is 1. The minimum Gasteiger partial charge on any atom is -0.368 e. The highest BCUT2D eigenvalue weighted by Gasteiger charge is 2.17. The summed E-state index contributed by atoms with van der Waals surface area (Å²) >= 11 is 5.96. The van der Waals surface area contributed by atoms with Crippen molar-refractivity contribution < 1.29 is 0 Å². The van der Waals surface area contributed by atoms with Crippen molar-refractivity contribution in [3.63, 3.8) is 0 Å². The first-order valence-corrected chi connectivity index (χ1v) is 5.46. The van der Waals surface area contributed by atoms with Crippen molar-refractivity contribution >= 4 is 28.7 Å². The molecule has 3 rings (SSSR count). The molecule has 0 amide bonds. The van der Waals surface area contributed by atoms with Gasteiger partial charge in [0.15, 0.2) is 10.8 Å². The number of halogens is 1. The molecule has 0 spiro atoms. The summed E-state index contributed by atoms with van der Waals surface area (Å²) in [5.41, 5.74) is 6.90. The highest BCUT2D eigenvalue weighted by Crippen LogP contribution is 2.28. The van der Waals surface area contributed by atoms with Crippen LogP contribution in [0.15, 0.2) is 18.5 Å². The molecule has 2 aromatic rings. The van der Waals surface area contributed by atoms with Gasteiger partial charge in [0.1, 0.15) is 5.52 Å². The van der Waals surface area contributed by atoms with Crippen LogP contribution in [-0.2, 0) is 0 Å². The van der Waals surface area contributed by atoms with E-state index in [1.54, 1.807) is 6.33 Å². The van der Waals surface area contributed by atoms with Gasteiger partial charge < -0.3 is 10.3 Å². The van der Waals surface area contributed by atoms with Crippen LogP contribution in [0.4, 0.5) is 5.95 Å². The highest BCUT2D eigenvalue weighted by atomic mass is 35.5. The van der Waals surface area contributed by atoms with Gasteiger partial charge in [0.25, 0.3) is 0 Å². The minimum absolute atomic E-state index is 0.182. The van der Waals surface area contributed by atoms with Crippen molar-refractivity contribution in [3.8, 4) is 0 Å². The Hall–Kier alpha value is -1.62. The van der Waals surface area contributed by atoms with E-state index in [4.69, 9.17) is 17.3 Å². The molecule has 0 aliphatic heterocycles. The third-order valence-electron chi connectivity index (χ3n) is 2.74. The van der Waals surface area contributed by atoms with E-state index in [9.17, 15) is 0 Å². The van der Waals surface area contributed by atoms with Gasteiger partial charge in [-0.3, -0.25) is 0 Å². The predicted octanol–water partition coefficient (Wildman–Crippen LogP) is 1.95. The Labute approximate surface area is 97.0 Å². The van der Waals surface area contributed by atoms with E-state index in [1.807, 2.05) is 4.57 Å². The first-order valence-electron chi connectivity index (χ1n) is 5.08. The van der Waals surface area contributed by atoms with Crippen LogP contribution in [-0.4, -0.2) is 19.5 Å². The molecule has 1 aliphatic carbocycles. The third-order valence-corrected chi connectivity index (χ3v) is 3.00. The van der Waals surface area contributed by atoms with E-state index in [-0.39, 0.29) is 5.95 Å². The quantitative estimate of drug-likeness (QED) is 0.606. The summed E-state index contributed by atoms with van der Waals surface area (Å²) in [4.78, 5) is 12.3. The number of aromatic nitrogens is 4. The summed E-state index contributed by atoms with van der Waals surface area (Å²) in [5.74, 6) is 0.182. The smallest absolute Gasteiger partial charge is 0.223 e. The van der Waals surface area contributed by atoms with Gasteiger partial charge in [0, 0.05) is 0 Å². The zero-order chi connectivity index (χ0) is 11.1. The average Bonchev–Trinajstić information content (AvgIpc) is 2.83. The Kier molecular flexibility index (Phi) is 2.07. The molecule has 0 bridgehead atoms. The number of nitrogens with two attached hydrogens (primary N) is 1. The van der Waals surface area contributed by atoms with Crippen LogP contribution in [0.3, 0.4) is 0 Å². The maximum Gasteiger partial charge on any atom is 0.223 e. The molecule has 6 heteroatoms. The van der Waals surface area contributed by atoms with Gasteiger partial charge in [-0.25, -0.2) is 4.98 Å². The summed E-state index contributed by atoms with van der Waals surface area (Å²) in [7, 11) is 0. The average molecular weight is 236 g/mol. The van der Waals surface area contributed by atoms with E-state index in [0.717, 1.165) is 12.8 Å². The highest BCUT2D eigenvalue weighted by molar-refractivity contribution is 6.33. The number of rotatable bonds is 1. The van der Waals surface area contributed by atoms with Crippen molar-refractivity contribution in [1.82, 2.24) is 19.5 Å². The molecule has 16 heavy (non-hydrogen) atoms. The molecule has 82 valence electrons. The molecule has 0 saturated heterocycles. The van der Waals surface area contributed by atoms with Crippen LogP contribution in [0, 0.1) is 0 Å². The second kappa shape index (κ2) is 3.45. The lowest BCUT2D eigenvalue weighted by molar-refractivity contribution is 0.602. The Morgan fingerprint density at radius 1 is 1.44 bits per heavy atom. The Bertz CT molecular complexity index is 574. The monoisotopic (exact) mass is 235 g/mol. The van der Waals surface area contributed by atoms with Gasteiger partial charge in [-0.1, -0.05) is 23.8 Å². The van der Waals surface area contributed by atoms with Gasteiger partial charge in [-0.05, 0) is 12.8 Å². The maximum absolute atomic E-state index is 5.96. The van der Waals surface area contributed by atoms with E-state index >= 15 is 0 Å². The number of hydrogen-bond donors (Lipinski definition) is 1. The zero-order valence-corrected chi connectivity index (χ0v) is 9.22. The molecule has 1 atom stereocenters. The molecule has 2 N–H and O–H groups in total. The summed E-state index contributed by atoms with van der Waals surface area (Å²) < 4.78 is 1.99. The normalized spacial score (nSPS) is 19.7. The Morgan fingerprint density at radius 2 is 2.31 bits per heavy atom. The number of allylic oxidation sites excluding steroid dienone is 2. The second-order valence-electron chi connectivity index (χ2n) is 3.77. The fourth-order valence-electron chi connectivity index (χ4n) is 1.99. The largest absolute Gasteiger partial charge is 0.368 e. The van der Waals surface area contributed by atoms with Crippen molar-refractivity contribution in [1.29, 1.82) is 0 Å². The van der Waals surface area contributed by atoms with Crippen LogP contribution in [0.25, 0.3) is 11.2 Å². The SMILES string of the molecule is Nc1nc(Cl)c2ncn(C3C=CCC3)c2n1. The predicted molar refractivity (Wildman–Crippen MR) is 62.2 cm³/mol. The summed E-state index contributed by atoms with van der Waals surface area (Å²) in [5, 5.41) is 0.309. The summed E-state index contributed by atoms with van der Waals surface area (Å²) in [6.07, 6.45) is 8.19. The summed E-state index contributed by atoms with van der Waals surface area (Å²) in [6.45, 7) is 0. The molecule has 1 aliphatic rings. The van der Waals surface area contributed by atoms with E-state index in [2.05, 4.69) is 27.1 Å². The topological polar surface area (TPSA) is 69.6 Å². The van der Waals surface area contributed by atoms with Gasteiger partial charge in [-0.15, -0.1) is 0 Å². The van der Waals surface area contributed by atoms with Crippen molar-refractivity contribution in [3.05, 3.63) is 23.6 Å². The van der Waals surface area contributed by atoms with Gasteiger partial charge in [0.2, 0.25) is 5.95 Å². The molecule has 2 aromatic heterocycles. The molecule has 2 heterocycles. The lowest BCUT2D eigenvalue weighted by atomic mass is 10.2. The first-order chi connectivity index (χ1) is 7.75. The van der Waals surface area contributed by atoms with Crippen molar-refractivity contribution in [2.75, 3.05) is 5.73 Å². The lowest BCUT2D eigenvalue weighted by Crippen LogP contribution is -2.04. The molecule has 0 saturated carbocycles. The molecule has 1 unspecified atom stereocenters. The molecular formula is C10H10ClN5. The molecule has 0 fully saturated rings. The number of nitrogen functional groups attached to an aromatic ring is 1. The second-order valence-corrected chi connectivity index (χ2v) is 4.13. The van der Waals surface area contributed by atoms with Crippen LogP contribution >= 0.6 is 11.6 Å². The zero-order valence-electron chi connectivity index (χ0n) is 8.47. The van der Waals surface area contributed by atoms with E-state index in [1.165, 1.54) is 0 Å². The fourth-order valence-corrected chi connectivity index (χ4v) is 2.21. The van der Waals surface area contributed by atoms with E-state index in [0.29, 0.717) is 22.4 Å². The summed E-state index contributed by atoms with van der Waals surface area (Å²) in [6, 6.07) is 0.301. The molecule has 5 nitrogen and oxygen atoms in total. The maximum atomic E-state index is 5.96. The molecule has 0 aromatic carbocycles. The van der Waals surface area contributed by atoms with Crippen LogP contribution in [0.1, 0.15) is 18.9 Å². The van der Waals surface area contributed by atoms with E-state index < -0.39 is 0 Å². The minimum atomic E-state index is 0.182. The number of anilines is 1. The van der Waals surface area contributed by atoms with Crippen LogP contribution in [0.5, 0.6) is 0 Å². The molecular weight excluding hydrogens is 226 g/mol. The van der Waals surface area contributed by atoms with Crippen LogP contribution < -0.4 is 5.73 Å². The number of imidazole rings is 1.